The first-order valence-electron chi connectivity index (χ1n) is 8.43. The van der Waals surface area contributed by atoms with Crippen LogP contribution in [0.5, 0.6) is 0 Å². The van der Waals surface area contributed by atoms with Gasteiger partial charge in [-0.25, -0.2) is 8.96 Å². The molecule has 0 unspecified atom stereocenters. The summed E-state index contributed by atoms with van der Waals surface area (Å²) >= 11 is 0. The molecule has 1 heterocycles. The van der Waals surface area contributed by atoms with Crippen molar-refractivity contribution in [3.8, 4) is 0 Å². The highest BCUT2D eigenvalue weighted by Crippen LogP contribution is 2.38. The molecule has 1 saturated carbocycles. The summed E-state index contributed by atoms with van der Waals surface area (Å²) in [6.45, 7) is 7.00. The van der Waals surface area contributed by atoms with Gasteiger partial charge in [-0.05, 0) is 49.1 Å². The molecule has 0 bridgehead atoms. The minimum Gasteiger partial charge on any atom is -0.270 e. The van der Waals surface area contributed by atoms with Crippen molar-refractivity contribution in [3.63, 3.8) is 0 Å². The average molecular weight is 317 g/mol. The van der Waals surface area contributed by atoms with Gasteiger partial charge in [0.15, 0.2) is 0 Å². The summed E-state index contributed by atoms with van der Waals surface area (Å²) in [7, 11) is 1.94. The van der Waals surface area contributed by atoms with Gasteiger partial charge >= 0.3 is 5.95 Å². The van der Waals surface area contributed by atoms with E-state index in [2.05, 4.69) is 36.3 Å². The molecule has 5 heteroatoms. The number of halogens is 1. The van der Waals surface area contributed by atoms with Crippen molar-refractivity contribution in [2.75, 3.05) is 5.32 Å². The number of hydrogen-bond acceptors (Lipinski definition) is 3. The molecular weight excluding hydrogens is 291 g/mol. The first kappa shape index (κ1) is 16.1. The van der Waals surface area contributed by atoms with Crippen LogP contribution in [0.15, 0.2) is 18.2 Å². The van der Waals surface area contributed by atoms with Crippen molar-refractivity contribution in [1.29, 1.82) is 0 Å². The molecule has 0 aliphatic heterocycles. The molecule has 3 rings (SSSR count). The number of nitrogens with one attached hydrogen (secondary N) is 1. The van der Waals surface area contributed by atoms with E-state index in [1.165, 1.54) is 25.0 Å². The monoisotopic (exact) mass is 317 g/mol. The predicted molar refractivity (Wildman–Crippen MR) is 89.5 cm³/mol. The van der Waals surface area contributed by atoms with Crippen molar-refractivity contribution < 1.29 is 8.96 Å². The Kier molecular flexibility index (Phi) is 4.21. The second-order valence-electron chi connectivity index (χ2n) is 7.77. The van der Waals surface area contributed by atoms with Gasteiger partial charge < -0.3 is 0 Å². The largest absolute Gasteiger partial charge is 0.415 e. The van der Waals surface area contributed by atoms with E-state index in [-0.39, 0.29) is 5.82 Å². The topological polar surface area (TPSA) is 41.7 Å². The number of aryl methyl sites for hydroxylation is 1. The van der Waals surface area contributed by atoms with Crippen LogP contribution < -0.4 is 9.88 Å². The van der Waals surface area contributed by atoms with Gasteiger partial charge in [-0.3, -0.25) is 5.32 Å². The van der Waals surface area contributed by atoms with Gasteiger partial charge in [0.1, 0.15) is 16.9 Å². The van der Waals surface area contributed by atoms with E-state index in [0.717, 1.165) is 30.2 Å². The standard InChI is InChI=1S/C18H25FN4/c1-18(2,3)12-5-8-14(9-6-12)20-17-22-21-15-11-13(19)7-10-16(15)23(17)4/h7,10-12,14H,5-6,8-9H2,1-4H3/p+1. The van der Waals surface area contributed by atoms with Crippen LogP contribution in [0.1, 0.15) is 46.5 Å². The lowest BCUT2D eigenvalue weighted by Gasteiger charge is -2.36. The smallest absolute Gasteiger partial charge is 0.270 e. The van der Waals surface area contributed by atoms with Gasteiger partial charge in [-0.2, -0.15) is 0 Å². The van der Waals surface area contributed by atoms with Crippen LogP contribution in [0, 0.1) is 17.2 Å². The molecule has 1 aromatic carbocycles. The van der Waals surface area contributed by atoms with E-state index in [1.54, 1.807) is 6.07 Å². The van der Waals surface area contributed by atoms with Crippen molar-refractivity contribution in [2.45, 2.75) is 52.5 Å². The highest BCUT2D eigenvalue weighted by Gasteiger charge is 2.31. The Bertz CT molecular complexity index is 700. The molecule has 1 aliphatic rings. The summed E-state index contributed by atoms with van der Waals surface area (Å²) in [5, 5.41) is 11.9. The van der Waals surface area contributed by atoms with E-state index in [0.29, 0.717) is 17.0 Å². The second kappa shape index (κ2) is 6.02. The minimum absolute atomic E-state index is 0.284. The maximum absolute atomic E-state index is 13.3. The SMILES string of the molecule is C[n+]1c(NC2CCC(C(C)(C)C)CC2)nnc2cc(F)ccc21. The van der Waals surface area contributed by atoms with Crippen LogP contribution in [0.25, 0.3) is 11.0 Å². The number of hydrogen-bond donors (Lipinski definition) is 1. The third-order valence-electron chi connectivity index (χ3n) is 5.15. The highest BCUT2D eigenvalue weighted by atomic mass is 19.1. The first-order valence-corrected chi connectivity index (χ1v) is 8.43. The Morgan fingerprint density at radius 1 is 1.13 bits per heavy atom. The van der Waals surface area contributed by atoms with Crippen molar-refractivity contribution >= 4 is 17.0 Å². The first-order chi connectivity index (χ1) is 10.8. The van der Waals surface area contributed by atoms with Crippen LogP contribution in [-0.2, 0) is 7.05 Å². The second-order valence-corrected chi connectivity index (χ2v) is 7.77. The molecule has 23 heavy (non-hydrogen) atoms. The Morgan fingerprint density at radius 2 is 1.83 bits per heavy atom. The molecule has 124 valence electrons. The van der Waals surface area contributed by atoms with Crippen LogP contribution in [-0.4, -0.2) is 16.2 Å². The lowest BCUT2D eigenvalue weighted by Crippen LogP contribution is -2.40. The highest BCUT2D eigenvalue weighted by molar-refractivity contribution is 5.70. The molecule has 0 spiro atoms. The van der Waals surface area contributed by atoms with Crippen molar-refractivity contribution in [2.24, 2.45) is 18.4 Å². The molecule has 1 N–H and O–H groups in total. The van der Waals surface area contributed by atoms with Crippen LogP contribution in [0.3, 0.4) is 0 Å². The third kappa shape index (κ3) is 3.43. The van der Waals surface area contributed by atoms with Gasteiger partial charge in [-0.1, -0.05) is 25.9 Å². The zero-order valence-corrected chi connectivity index (χ0v) is 14.4. The molecule has 0 radical (unpaired) electrons. The molecular formula is C18H26FN4+. The molecule has 1 fully saturated rings. The molecule has 1 aliphatic carbocycles. The quantitative estimate of drug-likeness (QED) is 0.860. The van der Waals surface area contributed by atoms with Crippen molar-refractivity contribution in [3.05, 3.63) is 24.0 Å². The maximum Gasteiger partial charge on any atom is 0.415 e. The van der Waals surface area contributed by atoms with E-state index in [1.807, 2.05) is 11.6 Å². The zero-order chi connectivity index (χ0) is 16.6. The molecule has 2 aromatic rings. The summed E-state index contributed by atoms with van der Waals surface area (Å²) in [5.41, 5.74) is 1.85. The Balaban J connectivity index is 1.73. The molecule has 1 aromatic heterocycles. The third-order valence-corrected chi connectivity index (χ3v) is 5.15. The summed E-state index contributed by atoms with van der Waals surface area (Å²) in [6, 6.07) is 5.07. The lowest BCUT2D eigenvalue weighted by atomic mass is 9.71. The zero-order valence-electron chi connectivity index (χ0n) is 14.4. The van der Waals surface area contributed by atoms with Gasteiger partial charge in [0.25, 0.3) is 0 Å². The van der Waals surface area contributed by atoms with Gasteiger partial charge in [-0.15, -0.1) is 0 Å². The Morgan fingerprint density at radius 3 is 2.48 bits per heavy atom. The number of fused-ring (bicyclic) bond motifs is 1. The number of rotatable bonds is 2. The molecule has 4 nitrogen and oxygen atoms in total. The number of benzene rings is 1. The molecule has 0 saturated heterocycles. The van der Waals surface area contributed by atoms with Crippen molar-refractivity contribution in [1.82, 2.24) is 10.2 Å². The van der Waals surface area contributed by atoms with E-state index in [9.17, 15) is 4.39 Å². The summed E-state index contributed by atoms with van der Waals surface area (Å²) < 4.78 is 15.2. The summed E-state index contributed by atoms with van der Waals surface area (Å²) in [5.74, 6) is 1.26. The van der Waals surface area contributed by atoms with Crippen LogP contribution >= 0.6 is 0 Å². The number of anilines is 1. The summed E-state index contributed by atoms with van der Waals surface area (Å²) in [4.78, 5) is 0. The van der Waals surface area contributed by atoms with Crippen LogP contribution in [0.4, 0.5) is 10.3 Å². The molecule has 0 atom stereocenters. The van der Waals surface area contributed by atoms with Gasteiger partial charge in [0.2, 0.25) is 0 Å². The fourth-order valence-corrected chi connectivity index (χ4v) is 3.55. The van der Waals surface area contributed by atoms with Gasteiger partial charge in [0.05, 0.1) is 13.1 Å². The van der Waals surface area contributed by atoms with Gasteiger partial charge in [0, 0.05) is 11.2 Å². The predicted octanol–water partition coefficient (Wildman–Crippen LogP) is 3.61. The minimum atomic E-state index is -0.284. The lowest BCUT2D eigenvalue weighted by molar-refractivity contribution is -0.633. The van der Waals surface area contributed by atoms with Crippen LogP contribution in [0.2, 0.25) is 0 Å². The normalized spacial score (nSPS) is 22.3. The summed E-state index contributed by atoms with van der Waals surface area (Å²) in [6.07, 6.45) is 4.81. The average Bonchev–Trinajstić information content (AvgIpc) is 2.50. The fraction of sp³-hybridized carbons (Fsp3) is 0.611. The van der Waals surface area contributed by atoms with E-state index < -0.39 is 0 Å². The Labute approximate surface area is 137 Å². The molecule has 0 amide bonds. The van der Waals surface area contributed by atoms with E-state index in [4.69, 9.17) is 0 Å². The maximum atomic E-state index is 13.3. The number of aromatic nitrogens is 3. The Hall–Kier alpha value is -1.78. The fourth-order valence-electron chi connectivity index (χ4n) is 3.55. The van der Waals surface area contributed by atoms with E-state index >= 15 is 0 Å². The number of nitrogens with zero attached hydrogens (tertiary/aromatic N) is 3.